The second-order valence-electron chi connectivity index (χ2n) is 14.8. The summed E-state index contributed by atoms with van der Waals surface area (Å²) in [4.78, 5) is 58.8. The number of anilines is 1. The smallest absolute Gasteiger partial charge is 0.255 e. The molecule has 0 bridgehead atoms. The Kier molecular flexibility index (Phi) is 14.5. The molecule has 7 N–H and O–H groups in total. The zero-order chi connectivity index (χ0) is 43.4. The van der Waals surface area contributed by atoms with E-state index in [1.807, 2.05) is 79.7 Å². The van der Waals surface area contributed by atoms with Gasteiger partial charge in [-0.25, -0.2) is 4.99 Å². The van der Waals surface area contributed by atoms with Crippen LogP contribution in [0.1, 0.15) is 64.4 Å². The van der Waals surface area contributed by atoms with Gasteiger partial charge in [-0.05, 0) is 72.5 Å². The summed E-state index contributed by atoms with van der Waals surface area (Å²) in [6.07, 6.45) is -0.312. The van der Waals surface area contributed by atoms with E-state index in [0.717, 1.165) is 22.2 Å². The average Bonchev–Trinajstić information content (AvgIpc) is 3.77. The first kappa shape index (κ1) is 43.4. The van der Waals surface area contributed by atoms with Crippen molar-refractivity contribution in [3.8, 4) is 17.7 Å². The molecule has 2 aliphatic heterocycles. The number of aliphatic hydroxyl groups is 1. The number of H-pyrrole nitrogens is 1. The van der Waals surface area contributed by atoms with Gasteiger partial charge in [0.15, 0.2) is 12.1 Å². The van der Waals surface area contributed by atoms with Crippen molar-refractivity contribution in [3.05, 3.63) is 124 Å². The van der Waals surface area contributed by atoms with Crippen LogP contribution in [0, 0.1) is 11.8 Å². The number of aromatic hydroxyl groups is 1. The average molecular weight is 840 g/mol. The topological polar surface area (TPSA) is 207 Å². The fourth-order valence-electron chi connectivity index (χ4n) is 7.31. The van der Waals surface area contributed by atoms with Gasteiger partial charge >= 0.3 is 0 Å². The summed E-state index contributed by atoms with van der Waals surface area (Å²) in [6.45, 7) is 5.39. The Morgan fingerprint density at radius 1 is 0.968 bits per heavy atom. The van der Waals surface area contributed by atoms with Crippen LogP contribution < -0.4 is 21.3 Å². The van der Waals surface area contributed by atoms with E-state index < -0.39 is 18.2 Å². The van der Waals surface area contributed by atoms with Crippen molar-refractivity contribution >= 4 is 51.6 Å². The molecule has 1 fully saturated rings. The molecular formula is C47H49N7O8. The number of piperidine rings is 1. The fraction of sp³-hybridized carbons (Fsp3) is 0.298. The number of aromatic nitrogens is 1. The van der Waals surface area contributed by atoms with Gasteiger partial charge in [0.05, 0.1) is 55.3 Å². The predicted molar refractivity (Wildman–Crippen MR) is 234 cm³/mol. The minimum Gasteiger partial charge on any atom is -0.494 e. The molecule has 62 heavy (non-hydrogen) atoms. The summed E-state index contributed by atoms with van der Waals surface area (Å²) in [5.74, 6) is 4.44. The van der Waals surface area contributed by atoms with Crippen LogP contribution in [-0.4, -0.2) is 101 Å². The third-order valence-electron chi connectivity index (χ3n) is 10.4. The van der Waals surface area contributed by atoms with E-state index in [2.05, 4.69) is 38.1 Å². The van der Waals surface area contributed by atoms with Gasteiger partial charge in [0, 0.05) is 53.8 Å². The van der Waals surface area contributed by atoms with Crippen molar-refractivity contribution in [3.63, 3.8) is 0 Å². The SMILES string of the molecule is CCNC(O)C#Cc1ccc2c(C(=Nc3ccc(CNCCOCCOCCC(=O)Nc4ccc5c(c4)CN(C4CCC(=O)NC4=O)C5=O)cc3)c3ccccc3)c(O)[nH]c2c1. The molecule has 0 spiro atoms. The van der Waals surface area contributed by atoms with Crippen molar-refractivity contribution in [2.45, 2.75) is 51.5 Å². The number of fused-ring (bicyclic) bond motifs is 2. The third-order valence-corrected chi connectivity index (χ3v) is 10.4. The first-order valence-corrected chi connectivity index (χ1v) is 20.6. The lowest BCUT2D eigenvalue weighted by Gasteiger charge is -2.29. The maximum Gasteiger partial charge on any atom is 0.255 e. The molecule has 0 radical (unpaired) electrons. The quantitative estimate of drug-likeness (QED) is 0.0220. The highest BCUT2D eigenvalue weighted by Gasteiger charge is 2.39. The zero-order valence-electron chi connectivity index (χ0n) is 34.3. The molecule has 15 nitrogen and oxygen atoms in total. The fourth-order valence-corrected chi connectivity index (χ4v) is 7.31. The Balaban J connectivity index is 0.817. The van der Waals surface area contributed by atoms with Crippen LogP contribution in [0.25, 0.3) is 10.9 Å². The number of aliphatic imine (C=N–C) groups is 1. The molecule has 0 aliphatic carbocycles. The number of amides is 4. The molecule has 4 aromatic carbocycles. The molecule has 3 heterocycles. The van der Waals surface area contributed by atoms with Crippen LogP contribution in [0.15, 0.2) is 96.0 Å². The highest BCUT2D eigenvalue weighted by molar-refractivity contribution is 6.22. The van der Waals surface area contributed by atoms with E-state index in [1.165, 1.54) is 4.90 Å². The molecule has 15 heteroatoms. The van der Waals surface area contributed by atoms with Gasteiger partial charge in [-0.3, -0.25) is 29.8 Å². The number of hydrogen-bond acceptors (Lipinski definition) is 11. The highest BCUT2D eigenvalue weighted by Crippen LogP contribution is 2.33. The zero-order valence-corrected chi connectivity index (χ0v) is 34.3. The highest BCUT2D eigenvalue weighted by atomic mass is 16.5. The Bertz CT molecular complexity index is 2510. The number of aliphatic hydroxyl groups excluding tert-OH is 1. The molecular weight excluding hydrogens is 791 g/mol. The summed E-state index contributed by atoms with van der Waals surface area (Å²) in [5, 5.41) is 33.2. The maximum atomic E-state index is 12.9. The number of rotatable bonds is 18. The van der Waals surface area contributed by atoms with Gasteiger partial charge in [0.2, 0.25) is 17.7 Å². The lowest BCUT2D eigenvalue weighted by atomic mass is 10.00. The number of carbonyl (C=O) groups is 4. The van der Waals surface area contributed by atoms with Gasteiger partial charge in [-0.1, -0.05) is 61.4 Å². The third kappa shape index (κ3) is 11.0. The van der Waals surface area contributed by atoms with E-state index in [-0.39, 0.29) is 56.0 Å². The van der Waals surface area contributed by atoms with Crippen LogP contribution in [-0.2, 0) is 36.9 Å². The lowest BCUT2D eigenvalue weighted by Crippen LogP contribution is -2.52. The number of nitrogens with zero attached hydrogens (tertiary/aromatic N) is 2. The van der Waals surface area contributed by atoms with E-state index >= 15 is 0 Å². The first-order chi connectivity index (χ1) is 30.2. The van der Waals surface area contributed by atoms with Crippen molar-refractivity contribution < 1.29 is 38.9 Å². The Morgan fingerprint density at radius 3 is 2.53 bits per heavy atom. The van der Waals surface area contributed by atoms with E-state index in [1.54, 1.807) is 18.2 Å². The monoisotopic (exact) mass is 839 g/mol. The maximum absolute atomic E-state index is 12.9. The molecule has 2 unspecified atom stereocenters. The Labute approximate surface area is 358 Å². The second kappa shape index (κ2) is 20.7. The number of imide groups is 1. The normalized spacial score (nSPS) is 15.6. The predicted octanol–water partition coefficient (Wildman–Crippen LogP) is 4.23. The molecule has 320 valence electrons. The first-order valence-electron chi connectivity index (χ1n) is 20.6. The van der Waals surface area contributed by atoms with Gasteiger partial charge in [-0.2, -0.15) is 0 Å². The van der Waals surface area contributed by atoms with E-state index in [4.69, 9.17) is 14.5 Å². The summed E-state index contributed by atoms with van der Waals surface area (Å²) < 4.78 is 11.3. The molecule has 2 atom stereocenters. The summed E-state index contributed by atoms with van der Waals surface area (Å²) in [7, 11) is 0. The summed E-state index contributed by atoms with van der Waals surface area (Å²) >= 11 is 0. The van der Waals surface area contributed by atoms with Crippen LogP contribution in [0.5, 0.6) is 5.88 Å². The van der Waals surface area contributed by atoms with Gasteiger partial charge in [-0.15, -0.1) is 0 Å². The van der Waals surface area contributed by atoms with Crippen LogP contribution in [0.2, 0.25) is 0 Å². The van der Waals surface area contributed by atoms with Crippen molar-refractivity contribution in [2.24, 2.45) is 4.99 Å². The largest absolute Gasteiger partial charge is 0.494 e. The summed E-state index contributed by atoms with van der Waals surface area (Å²) in [5.41, 5.74) is 6.96. The van der Waals surface area contributed by atoms with Crippen molar-refractivity contribution in [1.29, 1.82) is 0 Å². The number of aromatic amines is 1. The standard InChI is InChI=1S/C47H49N7O8/c1-2-49-40(55)18-11-30-10-15-37-38(26-30)52-46(59)43(37)44(32-6-4-3-5-7-32)51-34-12-8-31(9-13-34)28-48-21-23-62-25-24-61-22-20-42(57)50-35-14-16-36-33(27-35)29-54(47(36)60)39-17-19-41(56)53-45(39)58/h3-10,12-16,26-27,39-40,48-49,52,55,59H,2,17,19-25,28-29H2,1H3,(H,50,57)(H,53,56,58). The van der Waals surface area contributed by atoms with E-state index in [0.29, 0.717) is 78.6 Å². The molecule has 4 amide bonds. The molecule has 1 aromatic heterocycles. The van der Waals surface area contributed by atoms with Crippen LogP contribution in [0.3, 0.4) is 0 Å². The van der Waals surface area contributed by atoms with Gasteiger partial charge in [0.25, 0.3) is 5.91 Å². The number of hydrogen-bond donors (Lipinski definition) is 7. The molecule has 5 aromatic rings. The molecule has 0 saturated carbocycles. The second-order valence-corrected chi connectivity index (χ2v) is 14.8. The molecule has 7 rings (SSSR count). The molecule has 2 aliphatic rings. The number of carbonyl (C=O) groups excluding carboxylic acids is 4. The van der Waals surface area contributed by atoms with Gasteiger partial charge in [0.1, 0.15) is 6.04 Å². The van der Waals surface area contributed by atoms with Crippen LogP contribution in [0.4, 0.5) is 11.4 Å². The number of benzene rings is 4. The van der Waals surface area contributed by atoms with Crippen molar-refractivity contribution in [1.82, 2.24) is 25.8 Å². The van der Waals surface area contributed by atoms with Crippen LogP contribution >= 0.6 is 0 Å². The van der Waals surface area contributed by atoms with Crippen molar-refractivity contribution in [2.75, 3.05) is 44.8 Å². The van der Waals surface area contributed by atoms with E-state index in [9.17, 15) is 29.4 Å². The molecule has 1 saturated heterocycles. The summed E-state index contributed by atoms with van der Waals surface area (Å²) in [6, 6.07) is 27.5. The number of nitrogens with one attached hydrogen (secondary N) is 5. The minimum atomic E-state index is -0.928. The van der Waals surface area contributed by atoms with Gasteiger partial charge < -0.3 is 40.2 Å². The minimum absolute atomic E-state index is 0.00475. The Hall–Kier alpha value is -6.67. The lowest BCUT2D eigenvalue weighted by molar-refractivity contribution is -0.137. The Morgan fingerprint density at radius 2 is 1.76 bits per heavy atom. The number of ether oxygens (including phenoxy) is 2.